The van der Waals surface area contributed by atoms with E-state index in [0.29, 0.717) is 30.2 Å². The van der Waals surface area contributed by atoms with Gasteiger partial charge in [0.05, 0.1) is 24.2 Å². The van der Waals surface area contributed by atoms with Gasteiger partial charge in [0.15, 0.2) is 0 Å². The summed E-state index contributed by atoms with van der Waals surface area (Å²) in [5, 5.41) is 2.81. The number of ether oxygens (including phenoxy) is 1. The van der Waals surface area contributed by atoms with Crippen LogP contribution in [0.15, 0.2) is 48.5 Å². The molecule has 0 spiro atoms. The third kappa shape index (κ3) is 5.23. The molecule has 0 aliphatic heterocycles. The lowest BCUT2D eigenvalue weighted by atomic mass is 10.1. The number of sulfonamides is 1. The third-order valence-electron chi connectivity index (χ3n) is 4.06. The van der Waals surface area contributed by atoms with Gasteiger partial charge in [0.25, 0.3) is 0 Å². The van der Waals surface area contributed by atoms with E-state index in [-0.39, 0.29) is 0 Å². The molecule has 0 unspecified atom stereocenters. The van der Waals surface area contributed by atoms with Gasteiger partial charge in [0, 0.05) is 0 Å². The van der Waals surface area contributed by atoms with Crippen LogP contribution in [0.5, 0.6) is 5.75 Å². The zero-order valence-electron chi connectivity index (χ0n) is 16.1. The average Bonchev–Trinajstić information content (AvgIpc) is 2.61. The molecule has 0 aromatic heterocycles. The molecule has 0 aliphatic rings. The molecule has 1 atom stereocenters. The van der Waals surface area contributed by atoms with Crippen molar-refractivity contribution in [2.24, 2.45) is 0 Å². The molecule has 27 heavy (non-hydrogen) atoms. The van der Waals surface area contributed by atoms with Crippen LogP contribution >= 0.6 is 0 Å². The molecular weight excluding hydrogens is 364 g/mol. The van der Waals surface area contributed by atoms with Crippen LogP contribution in [0.4, 0.5) is 11.4 Å². The minimum Gasteiger partial charge on any atom is -0.492 e. The molecule has 2 rings (SSSR count). The number of nitrogens with one attached hydrogen (secondary N) is 1. The summed E-state index contributed by atoms with van der Waals surface area (Å²) in [4.78, 5) is 13.0. The molecule has 0 aliphatic carbocycles. The fourth-order valence-corrected chi connectivity index (χ4v) is 4.03. The quantitative estimate of drug-likeness (QED) is 0.748. The smallest absolute Gasteiger partial charge is 0.248 e. The molecule has 6 nitrogen and oxygen atoms in total. The molecule has 7 heteroatoms. The number of benzene rings is 2. The van der Waals surface area contributed by atoms with Crippen LogP contribution < -0.4 is 14.4 Å². The molecule has 1 amide bonds. The minimum atomic E-state index is -3.66. The van der Waals surface area contributed by atoms with Crippen molar-refractivity contribution < 1.29 is 17.9 Å². The standard InChI is InChI=1S/C20H26N2O4S/c1-5-18(20(23)21-17-9-7-8-10-19(17)26-6-2)22(27(4,24)25)16-13-11-15(3)12-14-16/h7-14,18H,5-6H2,1-4H3,(H,21,23)/t18-/m1/s1. The van der Waals surface area contributed by atoms with Crippen LogP contribution in [0.25, 0.3) is 0 Å². The van der Waals surface area contributed by atoms with Gasteiger partial charge in [-0.1, -0.05) is 36.8 Å². The summed E-state index contributed by atoms with van der Waals surface area (Å²) in [5.41, 5.74) is 1.98. The van der Waals surface area contributed by atoms with E-state index in [1.54, 1.807) is 37.3 Å². The molecule has 146 valence electrons. The number of para-hydroxylation sites is 2. The van der Waals surface area contributed by atoms with E-state index in [2.05, 4.69) is 5.32 Å². The van der Waals surface area contributed by atoms with E-state index >= 15 is 0 Å². The summed E-state index contributed by atoms with van der Waals surface area (Å²) in [6.45, 7) is 6.02. The summed E-state index contributed by atoms with van der Waals surface area (Å²) in [7, 11) is -3.66. The van der Waals surface area contributed by atoms with Crippen molar-refractivity contribution >= 4 is 27.3 Å². The molecule has 0 saturated heterocycles. The minimum absolute atomic E-state index is 0.323. The van der Waals surface area contributed by atoms with Crippen molar-refractivity contribution in [2.45, 2.75) is 33.2 Å². The highest BCUT2D eigenvalue weighted by Crippen LogP contribution is 2.27. The van der Waals surface area contributed by atoms with Crippen LogP contribution in [0.1, 0.15) is 25.8 Å². The number of anilines is 2. The van der Waals surface area contributed by atoms with Gasteiger partial charge in [-0.05, 0) is 44.5 Å². The second-order valence-corrected chi connectivity index (χ2v) is 8.10. The second kappa shape index (κ2) is 8.90. The van der Waals surface area contributed by atoms with Crippen molar-refractivity contribution in [1.82, 2.24) is 0 Å². The second-order valence-electron chi connectivity index (χ2n) is 6.24. The number of amides is 1. The number of nitrogens with zero attached hydrogens (tertiary/aromatic N) is 1. The van der Waals surface area contributed by atoms with Gasteiger partial charge in [-0.2, -0.15) is 0 Å². The summed E-state index contributed by atoms with van der Waals surface area (Å²) >= 11 is 0. The van der Waals surface area contributed by atoms with E-state index in [1.807, 2.05) is 32.0 Å². The van der Waals surface area contributed by atoms with E-state index in [0.717, 1.165) is 11.8 Å². The zero-order chi connectivity index (χ0) is 20.0. The molecule has 0 radical (unpaired) electrons. The van der Waals surface area contributed by atoms with E-state index in [4.69, 9.17) is 4.74 Å². The molecule has 1 N–H and O–H groups in total. The fourth-order valence-electron chi connectivity index (χ4n) is 2.82. The first kappa shape index (κ1) is 20.8. The van der Waals surface area contributed by atoms with Crippen molar-refractivity contribution in [3.63, 3.8) is 0 Å². The first-order chi connectivity index (χ1) is 12.8. The van der Waals surface area contributed by atoms with Gasteiger partial charge in [0.1, 0.15) is 11.8 Å². The summed E-state index contributed by atoms with van der Waals surface area (Å²) in [6, 6.07) is 13.3. The van der Waals surface area contributed by atoms with Crippen LogP contribution in [0.3, 0.4) is 0 Å². The Kier molecular flexibility index (Phi) is 6.85. The maximum Gasteiger partial charge on any atom is 0.248 e. The number of hydrogen-bond acceptors (Lipinski definition) is 4. The van der Waals surface area contributed by atoms with E-state index in [9.17, 15) is 13.2 Å². The van der Waals surface area contributed by atoms with Crippen molar-refractivity contribution in [2.75, 3.05) is 22.5 Å². The maximum absolute atomic E-state index is 13.0. The van der Waals surface area contributed by atoms with Gasteiger partial charge >= 0.3 is 0 Å². The highest BCUT2D eigenvalue weighted by atomic mass is 32.2. The highest BCUT2D eigenvalue weighted by Gasteiger charge is 2.31. The Balaban J connectivity index is 2.37. The van der Waals surface area contributed by atoms with E-state index in [1.165, 1.54) is 4.31 Å². The molecule has 0 heterocycles. The Hall–Kier alpha value is -2.54. The van der Waals surface area contributed by atoms with Crippen LogP contribution in [-0.2, 0) is 14.8 Å². The lowest BCUT2D eigenvalue weighted by molar-refractivity contribution is -0.117. The molecule has 0 bridgehead atoms. The Morgan fingerprint density at radius 3 is 2.30 bits per heavy atom. The van der Waals surface area contributed by atoms with Crippen molar-refractivity contribution in [3.05, 3.63) is 54.1 Å². The Morgan fingerprint density at radius 1 is 1.11 bits per heavy atom. The lowest BCUT2D eigenvalue weighted by Crippen LogP contribution is -2.47. The third-order valence-corrected chi connectivity index (χ3v) is 5.24. The predicted molar refractivity (Wildman–Crippen MR) is 109 cm³/mol. The normalized spacial score (nSPS) is 12.3. The lowest BCUT2D eigenvalue weighted by Gasteiger charge is -2.30. The molecule has 2 aromatic carbocycles. The predicted octanol–water partition coefficient (Wildman–Crippen LogP) is 3.58. The Morgan fingerprint density at radius 2 is 1.74 bits per heavy atom. The van der Waals surface area contributed by atoms with Gasteiger partial charge < -0.3 is 10.1 Å². The number of hydrogen-bond donors (Lipinski definition) is 1. The average molecular weight is 391 g/mol. The van der Waals surface area contributed by atoms with Gasteiger partial charge in [-0.15, -0.1) is 0 Å². The Bertz CT molecular complexity index is 879. The molecule has 0 saturated carbocycles. The summed E-state index contributed by atoms with van der Waals surface area (Å²) in [5.74, 6) is 0.139. The SMILES string of the molecule is CCOc1ccccc1NC(=O)[C@@H](CC)N(c1ccc(C)cc1)S(C)(=O)=O. The molecule has 2 aromatic rings. The van der Waals surface area contributed by atoms with Crippen LogP contribution in [-0.4, -0.2) is 33.2 Å². The fraction of sp³-hybridized carbons (Fsp3) is 0.350. The van der Waals surface area contributed by atoms with E-state index < -0.39 is 22.0 Å². The maximum atomic E-state index is 13.0. The number of rotatable bonds is 8. The molecule has 0 fully saturated rings. The monoisotopic (exact) mass is 390 g/mol. The largest absolute Gasteiger partial charge is 0.492 e. The number of aryl methyl sites for hydroxylation is 1. The topological polar surface area (TPSA) is 75.7 Å². The van der Waals surface area contributed by atoms with Gasteiger partial charge in [-0.25, -0.2) is 8.42 Å². The van der Waals surface area contributed by atoms with Gasteiger partial charge in [0.2, 0.25) is 15.9 Å². The Labute approximate surface area is 161 Å². The number of carbonyl (C=O) groups is 1. The van der Waals surface area contributed by atoms with Crippen LogP contribution in [0.2, 0.25) is 0 Å². The molecular formula is C20H26N2O4S. The first-order valence-electron chi connectivity index (χ1n) is 8.86. The highest BCUT2D eigenvalue weighted by molar-refractivity contribution is 7.92. The van der Waals surface area contributed by atoms with Crippen molar-refractivity contribution in [1.29, 1.82) is 0 Å². The van der Waals surface area contributed by atoms with Crippen molar-refractivity contribution in [3.8, 4) is 5.75 Å². The summed E-state index contributed by atoms with van der Waals surface area (Å²) in [6.07, 6.45) is 1.43. The zero-order valence-corrected chi connectivity index (χ0v) is 16.9. The van der Waals surface area contributed by atoms with Gasteiger partial charge in [-0.3, -0.25) is 9.10 Å². The first-order valence-corrected chi connectivity index (χ1v) is 10.7. The summed E-state index contributed by atoms with van der Waals surface area (Å²) < 4.78 is 31.6. The number of carbonyl (C=O) groups excluding carboxylic acids is 1. The van der Waals surface area contributed by atoms with Crippen LogP contribution in [0, 0.1) is 6.92 Å².